The molecule has 1 aliphatic heterocycles. The highest BCUT2D eigenvalue weighted by Gasteiger charge is 2.38. The SMILES string of the molecule is O=C(NC(NC1CCS(=O)(=O)C1)C(Cl)(Cl)Cl)c1cccs1. The van der Waals surface area contributed by atoms with Gasteiger partial charge in [-0.25, -0.2) is 8.42 Å². The minimum Gasteiger partial charge on any atom is -0.332 e. The maximum Gasteiger partial charge on any atom is 0.262 e. The average molecular weight is 392 g/mol. The van der Waals surface area contributed by atoms with Gasteiger partial charge in [0.25, 0.3) is 5.91 Å². The Bertz CT molecular complexity index is 599. The highest BCUT2D eigenvalue weighted by molar-refractivity contribution is 7.91. The summed E-state index contributed by atoms with van der Waals surface area (Å²) in [4.78, 5) is 12.5. The molecule has 1 amide bonds. The van der Waals surface area contributed by atoms with E-state index in [1.807, 2.05) is 0 Å². The summed E-state index contributed by atoms with van der Waals surface area (Å²) >= 11 is 18.8. The first-order valence-corrected chi connectivity index (χ1v) is 9.88. The van der Waals surface area contributed by atoms with E-state index in [1.165, 1.54) is 11.3 Å². The Morgan fingerprint density at radius 2 is 2.14 bits per heavy atom. The summed E-state index contributed by atoms with van der Waals surface area (Å²) in [7, 11) is -3.06. The van der Waals surface area contributed by atoms with Gasteiger partial charge in [0, 0.05) is 6.04 Å². The Morgan fingerprint density at radius 3 is 2.62 bits per heavy atom. The van der Waals surface area contributed by atoms with Gasteiger partial charge in [0.1, 0.15) is 6.17 Å². The summed E-state index contributed by atoms with van der Waals surface area (Å²) in [6.45, 7) is 0. The molecule has 1 aromatic rings. The summed E-state index contributed by atoms with van der Waals surface area (Å²) in [6, 6.07) is 3.04. The number of sulfone groups is 1. The number of carbonyl (C=O) groups is 1. The second-order valence-electron chi connectivity index (χ2n) is 4.69. The lowest BCUT2D eigenvalue weighted by molar-refractivity contribution is 0.0931. The molecule has 2 heterocycles. The van der Waals surface area contributed by atoms with Gasteiger partial charge in [0.15, 0.2) is 9.84 Å². The van der Waals surface area contributed by atoms with Crippen molar-refractivity contribution in [2.45, 2.75) is 22.4 Å². The summed E-state index contributed by atoms with van der Waals surface area (Å²) in [5, 5.41) is 7.25. The van der Waals surface area contributed by atoms with Crippen LogP contribution in [-0.2, 0) is 9.84 Å². The smallest absolute Gasteiger partial charge is 0.262 e. The third kappa shape index (κ3) is 4.97. The molecule has 0 bridgehead atoms. The van der Waals surface area contributed by atoms with E-state index in [4.69, 9.17) is 34.8 Å². The van der Waals surface area contributed by atoms with Crippen molar-refractivity contribution < 1.29 is 13.2 Å². The number of rotatable bonds is 4. The molecule has 0 radical (unpaired) electrons. The largest absolute Gasteiger partial charge is 0.332 e. The van der Waals surface area contributed by atoms with Crippen molar-refractivity contribution in [3.8, 4) is 0 Å². The van der Waals surface area contributed by atoms with Crippen molar-refractivity contribution in [3.63, 3.8) is 0 Å². The molecule has 2 N–H and O–H groups in total. The van der Waals surface area contributed by atoms with Crippen LogP contribution in [-0.4, -0.2) is 41.8 Å². The molecule has 2 rings (SSSR count). The maximum atomic E-state index is 12.0. The van der Waals surface area contributed by atoms with Crippen molar-refractivity contribution in [2.24, 2.45) is 0 Å². The van der Waals surface area contributed by atoms with Gasteiger partial charge in [-0.15, -0.1) is 11.3 Å². The summed E-state index contributed by atoms with van der Waals surface area (Å²) in [5.41, 5.74) is 0. The molecular weight excluding hydrogens is 379 g/mol. The van der Waals surface area contributed by atoms with Gasteiger partial charge in [0.05, 0.1) is 16.4 Å². The van der Waals surface area contributed by atoms with E-state index in [-0.39, 0.29) is 23.5 Å². The summed E-state index contributed by atoms with van der Waals surface area (Å²) in [6.07, 6.45) is -0.551. The first-order chi connectivity index (χ1) is 9.67. The van der Waals surface area contributed by atoms with Crippen LogP contribution in [0.2, 0.25) is 0 Å². The lowest BCUT2D eigenvalue weighted by atomic mass is 10.2. The Balaban J connectivity index is 2.04. The van der Waals surface area contributed by atoms with E-state index in [1.54, 1.807) is 17.5 Å². The fourth-order valence-corrected chi connectivity index (χ4v) is 4.66. The van der Waals surface area contributed by atoms with Gasteiger partial charge in [-0.05, 0) is 17.9 Å². The molecule has 0 saturated carbocycles. The minimum absolute atomic E-state index is 0.0287. The molecule has 1 saturated heterocycles. The number of hydrogen-bond acceptors (Lipinski definition) is 5. The van der Waals surface area contributed by atoms with Crippen LogP contribution in [0.1, 0.15) is 16.1 Å². The van der Waals surface area contributed by atoms with Gasteiger partial charge in [-0.2, -0.15) is 0 Å². The normalized spacial score (nSPS) is 22.9. The fraction of sp³-hybridized carbons (Fsp3) is 0.545. The molecule has 21 heavy (non-hydrogen) atoms. The number of carbonyl (C=O) groups excluding carboxylic acids is 1. The first-order valence-electron chi connectivity index (χ1n) is 6.05. The van der Waals surface area contributed by atoms with E-state index >= 15 is 0 Å². The van der Waals surface area contributed by atoms with Crippen LogP contribution < -0.4 is 10.6 Å². The molecule has 0 aromatic carbocycles. The van der Waals surface area contributed by atoms with Crippen molar-refractivity contribution in [1.82, 2.24) is 10.6 Å². The first kappa shape index (κ1) is 17.3. The van der Waals surface area contributed by atoms with E-state index in [9.17, 15) is 13.2 Å². The Morgan fingerprint density at radius 1 is 1.43 bits per heavy atom. The van der Waals surface area contributed by atoms with Gasteiger partial charge in [-0.3, -0.25) is 10.1 Å². The van der Waals surface area contributed by atoms with Gasteiger partial charge in [-0.1, -0.05) is 40.9 Å². The highest BCUT2D eigenvalue weighted by Crippen LogP contribution is 2.30. The Kier molecular flexibility index (Phi) is 5.44. The topological polar surface area (TPSA) is 75.3 Å². The monoisotopic (exact) mass is 390 g/mol. The zero-order chi connectivity index (χ0) is 15.7. The minimum atomic E-state index is -3.06. The quantitative estimate of drug-likeness (QED) is 0.607. The number of halogens is 3. The number of thiophene rings is 1. The van der Waals surface area contributed by atoms with Gasteiger partial charge < -0.3 is 5.32 Å². The number of amides is 1. The van der Waals surface area contributed by atoms with Gasteiger partial charge in [0.2, 0.25) is 3.79 Å². The Hall–Kier alpha value is -0.0500. The van der Waals surface area contributed by atoms with Crippen molar-refractivity contribution in [2.75, 3.05) is 11.5 Å². The van der Waals surface area contributed by atoms with E-state index in [0.29, 0.717) is 11.3 Å². The third-order valence-electron chi connectivity index (χ3n) is 2.98. The molecule has 1 aromatic heterocycles. The van der Waals surface area contributed by atoms with Crippen molar-refractivity contribution in [3.05, 3.63) is 22.4 Å². The maximum absolute atomic E-state index is 12.0. The van der Waals surface area contributed by atoms with Crippen LogP contribution in [0.15, 0.2) is 17.5 Å². The molecule has 1 aliphatic rings. The van der Waals surface area contributed by atoms with Crippen LogP contribution in [0, 0.1) is 0 Å². The highest BCUT2D eigenvalue weighted by atomic mass is 35.6. The van der Waals surface area contributed by atoms with Crippen LogP contribution in [0.3, 0.4) is 0 Å². The predicted octanol–water partition coefficient (Wildman–Crippen LogP) is 1.95. The Labute approximate surface area is 141 Å². The molecule has 118 valence electrons. The zero-order valence-electron chi connectivity index (χ0n) is 10.7. The number of nitrogens with one attached hydrogen (secondary N) is 2. The second-order valence-corrected chi connectivity index (χ2v) is 10.2. The average Bonchev–Trinajstić information content (AvgIpc) is 2.96. The molecular formula is C11H13Cl3N2O3S2. The standard InChI is InChI=1S/C11H13Cl3N2O3S2/c12-11(13,14)10(15-7-3-5-21(18,19)6-7)16-9(17)8-2-1-4-20-8/h1-2,4,7,10,15H,3,5-6H2,(H,16,17). The second kappa shape index (κ2) is 6.60. The molecule has 1 fully saturated rings. The molecule has 2 unspecified atom stereocenters. The predicted molar refractivity (Wildman–Crippen MR) is 86.1 cm³/mol. The number of hydrogen-bond donors (Lipinski definition) is 2. The van der Waals surface area contributed by atoms with Crippen LogP contribution >= 0.6 is 46.1 Å². The van der Waals surface area contributed by atoms with Crippen LogP contribution in [0.5, 0.6) is 0 Å². The van der Waals surface area contributed by atoms with Crippen molar-refractivity contribution >= 4 is 61.9 Å². The third-order valence-corrected chi connectivity index (χ3v) is 6.27. The molecule has 0 spiro atoms. The van der Waals surface area contributed by atoms with Crippen molar-refractivity contribution in [1.29, 1.82) is 0 Å². The van der Waals surface area contributed by atoms with Gasteiger partial charge >= 0.3 is 0 Å². The summed E-state index contributed by atoms with van der Waals surface area (Å²) < 4.78 is 21.1. The van der Waals surface area contributed by atoms with E-state index in [0.717, 1.165) is 0 Å². The lowest BCUT2D eigenvalue weighted by Crippen LogP contribution is -2.56. The molecule has 2 atom stereocenters. The van der Waals surface area contributed by atoms with E-state index < -0.39 is 19.8 Å². The zero-order valence-corrected chi connectivity index (χ0v) is 14.6. The summed E-state index contributed by atoms with van der Waals surface area (Å²) in [5.74, 6) is -0.315. The number of alkyl halides is 3. The van der Waals surface area contributed by atoms with Crippen LogP contribution in [0.25, 0.3) is 0 Å². The lowest BCUT2D eigenvalue weighted by Gasteiger charge is -2.28. The van der Waals surface area contributed by atoms with E-state index in [2.05, 4.69) is 10.6 Å². The molecule has 0 aliphatic carbocycles. The fourth-order valence-electron chi connectivity index (χ4n) is 1.99. The van der Waals surface area contributed by atoms with Crippen LogP contribution in [0.4, 0.5) is 0 Å². The molecule has 10 heteroatoms. The molecule has 5 nitrogen and oxygen atoms in total.